The predicted molar refractivity (Wildman–Crippen MR) is 82.3 cm³/mol. The molecule has 0 aliphatic heterocycles. The van der Waals surface area contributed by atoms with Crippen molar-refractivity contribution in [2.45, 2.75) is 20.8 Å². The number of H-pyrrole nitrogens is 1. The third-order valence-corrected chi connectivity index (χ3v) is 3.26. The quantitative estimate of drug-likeness (QED) is 0.650. The van der Waals surface area contributed by atoms with Gasteiger partial charge in [-0.1, -0.05) is 6.07 Å². The van der Waals surface area contributed by atoms with E-state index in [9.17, 15) is 0 Å². The lowest BCUT2D eigenvalue weighted by molar-refractivity contribution is 1.15. The zero-order valence-electron chi connectivity index (χ0n) is 11.9. The lowest BCUT2D eigenvalue weighted by Crippen LogP contribution is -2.07. The third kappa shape index (κ3) is 3.09. The summed E-state index contributed by atoms with van der Waals surface area (Å²) in [5.74, 6) is 0. The highest BCUT2D eigenvalue weighted by Gasteiger charge is 2.04. The first kappa shape index (κ1) is 13.9. The van der Waals surface area contributed by atoms with E-state index >= 15 is 0 Å². The van der Waals surface area contributed by atoms with Crippen LogP contribution in [0.4, 0.5) is 0 Å². The molecule has 4 nitrogen and oxygen atoms in total. The van der Waals surface area contributed by atoms with Crippen LogP contribution in [-0.4, -0.2) is 16.3 Å². The van der Waals surface area contributed by atoms with Crippen LogP contribution in [0.15, 0.2) is 41.5 Å². The molecule has 0 bridgehead atoms. The monoisotopic (exact) mass is 266 g/mol. The van der Waals surface area contributed by atoms with Crippen molar-refractivity contribution in [1.29, 1.82) is 5.41 Å². The molecule has 0 aromatic carbocycles. The van der Waals surface area contributed by atoms with Crippen LogP contribution in [0.25, 0.3) is 11.1 Å². The molecule has 0 aliphatic rings. The Morgan fingerprint density at radius 1 is 1.25 bits per heavy atom. The van der Waals surface area contributed by atoms with Crippen LogP contribution in [0.3, 0.4) is 0 Å². The maximum Gasteiger partial charge on any atom is 0.132 e. The molecule has 0 atom stereocenters. The Hall–Kier alpha value is -2.49. The number of nitrogens with one attached hydrogen (secondary N) is 2. The average molecular weight is 266 g/mol. The van der Waals surface area contributed by atoms with Gasteiger partial charge in [-0.15, -0.1) is 0 Å². The molecule has 20 heavy (non-hydrogen) atoms. The van der Waals surface area contributed by atoms with Crippen LogP contribution in [0.5, 0.6) is 0 Å². The Balaban J connectivity index is 2.51. The fourth-order valence-corrected chi connectivity index (χ4v) is 1.99. The molecule has 0 saturated carbocycles. The van der Waals surface area contributed by atoms with Gasteiger partial charge in [0.1, 0.15) is 11.8 Å². The Kier molecular flexibility index (Phi) is 4.25. The summed E-state index contributed by atoms with van der Waals surface area (Å²) in [5.41, 5.74) is 6.03. The molecule has 0 spiro atoms. The topological polar surface area (TPSA) is 64.9 Å². The summed E-state index contributed by atoms with van der Waals surface area (Å²) < 4.78 is 0. The Bertz CT molecular complexity index is 723. The van der Waals surface area contributed by atoms with Gasteiger partial charge in [-0.05, 0) is 61.7 Å². The fourth-order valence-electron chi connectivity index (χ4n) is 1.99. The molecular formula is C16H18N4. The summed E-state index contributed by atoms with van der Waals surface area (Å²) in [6, 6.07) is 9.95. The van der Waals surface area contributed by atoms with Crippen molar-refractivity contribution in [2.24, 2.45) is 4.99 Å². The first-order chi connectivity index (χ1) is 9.61. The smallest absolute Gasteiger partial charge is 0.132 e. The highest BCUT2D eigenvalue weighted by Crippen LogP contribution is 2.23. The number of pyridine rings is 2. The number of aromatic nitrogens is 2. The standard InChI is InChI=1S/C16H18N4/c1-11-5-4-6-15(20-11)13(3)12(2)14-7-8-18-16(9-14)19-10-17/h4-10H,1-3H3,(H2,17,18,19)/b13-12-. The summed E-state index contributed by atoms with van der Waals surface area (Å²) in [7, 11) is 0. The van der Waals surface area contributed by atoms with E-state index in [-0.39, 0.29) is 0 Å². The van der Waals surface area contributed by atoms with Gasteiger partial charge in [-0.2, -0.15) is 0 Å². The molecular weight excluding hydrogens is 248 g/mol. The molecule has 2 rings (SSSR count). The van der Waals surface area contributed by atoms with Crippen molar-refractivity contribution in [1.82, 2.24) is 9.97 Å². The fraction of sp³-hybridized carbons (Fsp3) is 0.188. The van der Waals surface area contributed by atoms with Crippen LogP contribution < -0.4 is 5.49 Å². The van der Waals surface area contributed by atoms with Crippen molar-refractivity contribution in [2.75, 3.05) is 0 Å². The summed E-state index contributed by atoms with van der Waals surface area (Å²) in [6.45, 7) is 6.13. The summed E-state index contributed by atoms with van der Waals surface area (Å²) in [6.07, 6.45) is 2.86. The van der Waals surface area contributed by atoms with Gasteiger partial charge in [0.15, 0.2) is 0 Å². The summed E-state index contributed by atoms with van der Waals surface area (Å²) in [5, 5.41) is 7.03. The molecule has 4 heteroatoms. The SMILES string of the molecule is C/C(=C(\C)c1cccc(C)n1)c1cc[nH]/c(=N\C=N)c1. The van der Waals surface area contributed by atoms with E-state index in [1.165, 1.54) is 0 Å². The number of hydrogen-bond acceptors (Lipinski definition) is 2. The minimum Gasteiger partial charge on any atom is -0.347 e. The molecule has 0 aliphatic carbocycles. The Labute approximate surface area is 118 Å². The van der Waals surface area contributed by atoms with Gasteiger partial charge in [0, 0.05) is 11.9 Å². The molecule has 102 valence electrons. The molecule has 0 amide bonds. The lowest BCUT2D eigenvalue weighted by Gasteiger charge is -2.08. The second-order valence-corrected chi connectivity index (χ2v) is 4.63. The van der Waals surface area contributed by atoms with Crippen molar-refractivity contribution in [3.05, 3.63) is 59.0 Å². The Morgan fingerprint density at radius 2 is 2.05 bits per heavy atom. The highest BCUT2D eigenvalue weighted by atomic mass is 14.8. The molecule has 0 unspecified atom stereocenters. The molecule has 2 heterocycles. The third-order valence-electron chi connectivity index (χ3n) is 3.26. The summed E-state index contributed by atoms with van der Waals surface area (Å²) in [4.78, 5) is 11.5. The van der Waals surface area contributed by atoms with Gasteiger partial charge >= 0.3 is 0 Å². The van der Waals surface area contributed by atoms with Crippen molar-refractivity contribution >= 4 is 17.5 Å². The number of aromatic amines is 1. The Morgan fingerprint density at radius 3 is 2.75 bits per heavy atom. The number of hydrogen-bond donors (Lipinski definition) is 2. The van der Waals surface area contributed by atoms with E-state index < -0.39 is 0 Å². The second-order valence-electron chi connectivity index (χ2n) is 4.63. The van der Waals surface area contributed by atoms with Gasteiger partial charge in [0.05, 0.1) is 5.69 Å². The van der Waals surface area contributed by atoms with E-state index in [0.717, 1.165) is 34.4 Å². The van der Waals surface area contributed by atoms with Crippen LogP contribution in [0.1, 0.15) is 30.8 Å². The first-order valence-electron chi connectivity index (χ1n) is 6.45. The predicted octanol–water partition coefficient (Wildman–Crippen LogP) is 3.18. The van der Waals surface area contributed by atoms with Crippen molar-refractivity contribution in [3.8, 4) is 0 Å². The second kappa shape index (κ2) is 6.10. The molecule has 0 radical (unpaired) electrons. The average Bonchev–Trinajstić information content (AvgIpc) is 2.46. The maximum absolute atomic E-state index is 7.03. The van der Waals surface area contributed by atoms with Crippen molar-refractivity contribution < 1.29 is 0 Å². The van der Waals surface area contributed by atoms with Crippen LogP contribution in [0.2, 0.25) is 0 Å². The van der Waals surface area contributed by atoms with Gasteiger partial charge < -0.3 is 4.98 Å². The normalized spacial score (nSPS) is 13.1. The van der Waals surface area contributed by atoms with Gasteiger partial charge in [-0.3, -0.25) is 10.4 Å². The van der Waals surface area contributed by atoms with Gasteiger partial charge in [0.2, 0.25) is 0 Å². The number of rotatable bonds is 3. The zero-order valence-corrected chi connectivity index (χ0v) is 11.9. The number of nitrogens with zero attached hydrogens (tertiary/aromatic N) is 2. The van der Waals surface area contributed by atoms with Crippen molar-refractivity contribution in [3.63, 3.8) is 0 Å². The first-order valence-corrected chi connectivity index (χ1v) is 6.45. The maximum atomic E-state index is 7.03. The minimum atomic E-state index is 0.668. The molecule has 2 aromatic heterocycles. The van der Waals surface area contributed by atoms with Gasteiger partial charge in [0.25, 0.3) is 0 Å². The molecule has 2 aromatic rings. The molecule has 2 N–H and O–H groups in total. The lowest BCUT2D eigenvalue weighted by atomic mass is 10.0. The number of allylic oxidation sites excluding steroid dienone is 2. The van der Waals surface area contributed by atoms with Gasteiger partial charge in [-0.25, -0.2) is 4.99 Å². The van der Waals surface area contributed by atoms with E-state index in [2.05, 4.69) is 28.8 Å². The largest absolute Gasteiger partial charge is 0.347 e. The minimum absolute atomic E-state index is 0.668. The molecule has 0 fully saturated rings. The van der Waals surface area contributed by atoms with Crippen LogP contribution in [-0.2, 0) is 0 Å². The van der Waals surface area contributed by atoms with E-state index in [4.69, 9.17) is 5.41 Å². The summed E-state index contributed by atoms with van der Waals surface area (Å²) >= 11 is 0. The molecule has 0 saturated heterocycles. The highest BCUT2D eigenvalue weighted by molar-refractivity contribution is 5.87. The van der Waals surface area contributed by atoms with E-state index in [1.54, 1.807) is 0 Å². The van der Waals surface area contributed by atoms with E-state index in [0.29, 0.717) is 5.49 Å². The van der Waals surface area contributed by atoms with Crippen LogP contribution in [0, 0.1) is 12.3 Å². The zero-order chi connectivity index (χ0) is 14.5. The van der Waals surface area contributed by atoms with E-state index in [1.807, 2.05) is 43.5 Å². The van der Waals surface area contributed by atoms with Crippen LogP contribution >= 0.6 is 0 Å². The number of aryl methyl sites for hydroxylation is 1.